The fourth-order valence-electron chi connectivity index (χ4n) is 1.82. The van der Waals surface area contributed by atoms with Gasteiger partial charge in [-0.15, -0.1) is 0 Å². The number of aryl methyl sites for hydroxylation is 1. The highest BCUT2D eigenvalue weighted by Gasteiger charge is 2.10. The molecular weight excluding hydrogens is 320 g/mol. The third-order valence-electron chi connectivity index (χ3n) is 3.02. The van der Waals surface area contributed by atoms with Crippen LogP contribution < -0.4 is 9.47 Å². The highest BCUT2D eigenvalue weighted by Crippen LogP contribution is 2.34. The number of hydrogen-bond donors (Lipinski definition) is 1. The van der Waals surface area contributed by atoms with E-state index >= 15 is 0 Å². The normalized spacial score (nSPS) is 10.4. The first-order valence-electron chi connectivity index (χ1n) is 6.29. The molecule has 0 amide bonds. The van der Waals surface area contributed by atoms with Crippen molar-refractivity contribution in [2.75, 3.05) is 7.11 Å². The topological polar surface area (TPSA) is 38.7 Å². The minimum absolute atomic E-state index is 0.0464. The van der Waals surface area contributed by atoms with Crippen LogP contribution in [0.2, 0.25) is 0 Å². The highest BCUT2D eigenvalue weighted by atomic mass is 79.9. The number of methoxy groups -OCH3 is 1. The Morgan fingerprint density at radius 2 is 1.80 bits per heavy atom. The lowest BCUT2D eigenvalue weighted by molar-refractivity contribution is 0.273. The molecule has 2 aromatic rings. The van der Waals surface area contributed by atoms with Crippen LogP contribution in [0, 0.1) is 6.92 Å². The van der Waals surface area contributed by atoms with E-state index in [1.54, 1.807) is 13.2 Å². The molecule has 0 saturated heterocycles. The molecule has 2 rings (SSSR count). The monoisotopic (exact) mass is 336 g/mol. The maximum Gasteiger partial charge on any atom is 0.162 e. The van der Waals surface area contributed by atoms with Crippen molar-refractivity contribution in [3.63, 3.8) is 0 Å². The molecule has 2 aromatic carbocycles. The van der Waals surface area contributed by atoms with E-state index in [1.807, 2.05) is 18.2 Å². The zero-order chi connectivity index (χ0) is 14.5. The largest absolute Gasteiger partial charge is 0.493 e. The van der Waals surface area contributed by atoms with Crippen LogP contribution in [0.5, 0.6) is 11.5 Å². The Morgan fingerprint density at radius 3 is 2.40 bits per heavy atom. The van der Waals surface area contributed by atoms with Gasteiger partial charge in [-0.25, -0.2) is 0 Å². The van der Waals surface area contributed by atoms with Crippen molar-refractivity contribution in [3.05, 3.63) is 57.6 Å². The van der Waals surface area contributed by atoms with Gasteiger partial charge in [-0.3, -0.25) is 0 Å². The summed E-state index contributed by atoms with van der Waals surface area (Å²) in [7, 11) is 1.59. The third-order valence-corrected chi connectivity index (χ3v) is 3.76. The van der Waals surface area contributed by atoms with Crippen LogP contribution >= 0.6 is 15.9 Å². The van der Waals surface area contributed by atoms with Crippen LogP contribution in [0.3, 0.4) is 0 Å². The molecule has 106 valence electrons. The minimum Gasteiger partial charge on any atom is -0.493 e. The Bertz CT molecular complexity index is 579. The Kier molecular flexibility index (Phi) is 5.04. The summed E-state index contributed by atoms with van der Waals surface area (Å²) in [5.41, 5.74) is 3.09. The predicted molar refractivity (Wildman–Crippen MR) is 82.1 cm³/mol. The lowest BCUT2D eigenvalue weighted by atomic mass is 10.1. The zero-order valence-corrected chi connectivity index (χ0v) is 13.1. The minimum atomic E-state index is -0.0464. The van der Waals surface area contributed by atoms with Gasteiger partial charge in [0, 0.05) is 4.47 Å². The highest BCUT2D eigenvalue weighted by molar-refractivity contribution is 9.10. The Hall–Kier alpha value is -1.52. The number of ether oxygens (including phenoxy) is 2. The van der Waals surface area contributed by atoms with Gasteiger partial charge in [-0.05, 0) is 30.2 Å². The van der Waals surface area contributed by atoms with Crippen LogP contribution in [0.4, 0.5) is 0 Å². The number of hydrogen-bond acceptors (Lipinski definition) is 3. The van der Waals surface area contributed by atoms with Crippen LogP contribution in [0.1, 0.15) is 16.7 Å². The number of aliphatic hydroxyl groups excluding tert-OH is 1. The van der Waals surface area contributed by atoms with Gasteiger partial charge in [0.2, 0.25) is 0 Å². The fourth-order valence-corrected chi connectivity index (χ4v) is 2.26. The molecule has 0 unspecified atom stereocenters. The number of benzene rings is 2. The van der Waals surface area contributed by atoms with Gasteiger partial charge in [0.25, 0.3) is 0 Å². The van der Waals surface area contributed by atoms with E-state index in [4.69, 9.17) is 9.47 Å². The molecule has 0 fully saturated rings. The van der Waals surface area contributed by atoms with Crippen molar-refractivity contribution in [3.8, 4) is 11.5 Å². The maximum atomic E-state index is 9.24. The average molecular weight is 337 g/mol. The second-order valence-corrected chi connectivity index (χ2v) is 5.38. The molecule has 0 aliphatic carbocycles. The molecule has 0 spiro atoms. The maximum absolute atomic E-state index is 9.24. The average Bonchev–Trinajstić information content (AvgIpc) is 2.46. The molecule has 0 radical (unpaired) electrons. The van der Waals surface area contributed by atoms with E-state index in [9.17, 15) is 5.11 Å². The first-order valence-corrected chi connectivity index (χ1v) is 7.09. The quantitative estimate of drug-likeness (QED) is 0.901. The molecule has 0 aliphatic rings. The summed E-state index contributed by atoms with van der Waals surface area (Å²) < 4.78 is 11.9. The third kappa shape index (κ3) is 3.52. The van der Waals surface area contributed by atoms with Crippen LogP contribution in [0.15, 0.2) is 40.9 Å². The lowest BCUT2D eigenvalue weighted by Crippen LogP contribution is -1.99. The van der Waals surface area contributed by atoms with Crippen molar-refractivity contribution in [1.82, 2.24) is 0 Å². The van der Waals surface area contributed by atoms with Gasteiger partial charge >= 0.3 is 0 Å². The van der Waals surface area contributed by atoms with Crippen molar-refractivity contribution in [1.29, 1.82) is 0 Å². The Labute approximate surface area is 127 Å². The van der Waals surface area contributed by atoms with Gasteiger partial charge in [0.05, 0.1) is 13.7 Å². The fraction of sp³-hybridized carbons (Fsp3) is 0.250. The first kappa shape index (κ1) is 14.9. The van der Waals surface area contributed by atoms with Gasteiger partial charge < -0.3 is 14.6 Å². The molecule has 1 N–H and O–H groups in total. The van der Waals surface area contributed by atoms with Crippen molar-refractivity contribution < 1.29 is 14.6 Å². The van der Waals surface area contributed by atoms with E-state index in [2.05, 4.69) is 35.0 Å². The van der Waals surface area contributed by atoms with E-state index in [-0.39, 0.29) is 6.61 Å². The molecule has 0 aliphatic heterocycles. The first-order chi connectivity index (χ1) is 9.63. The van der Waals surface area contributed by atoms with E-state index in [0.717, 1.165) is 15.6 Å². The smallest absolute Gasteiger partial charge is 0.162 e. The second-order valence-electron chi connectivity index (χ2n) is 4.53. The van der Waals surface area contributed by atoms with Crippen LogP contribution in [0.25, 0.3) is 0 Å². The van der Waals surface area contributed by atoms with Crippen molar-refractivity contribution in [2.24, 2.45) is 0 Å². The summed E-state index contributed by atoms with van der Waals surface area (Å²) in [6.45, 7) is 2.48. The van der Waals surface area contributed by atoms with E-state index < -0.39 is 0 Å². The number of halogens is 1. The molecule has 20 heavy (non-hydrogen) atoms. The molecule has 0 atom stereocenters. The standard InChI is InChI=1S/C16H17BrO3/c1-11-3-5-12(6-4-11)10-20-16-8-14(17)13(9-18)7-15(16)19-2/h3-8,18H,9-10H2,1-2H3. The molecular formula is C16H17BrO3. The lowest BCUT2D eigenvalue weighted by Gasteiger charge is -2.13. The summed E-state index contributed by atoms with van der Waals surface area (Å²) in [4.78, 5) is 0. The SMILES string of the molecule is COc1cc(CO)c(Br)cc1OCc1ccc(C)cc1. The van der Waals surface area contributed by atoms with Gasteiger partial charge in [-0.1, -0.05) is 45.8 Å². The molecule has 0 bridgehead atoms. The van der Waals surface area contributed by atoms with Crippen LogP contribution in [-0.2, 0) is 13.2 Å². The van der Waals surface area contributed by atoms with Gasteiger partial charge in [-0.2, -0.15) is 0 Å². The Morgan fingerprint density at radius 1 is 1.10 bits per heavy atom. The van der Waals surface area contributed by atoms with E-state index in [0.29, 0.717) is 18.1 Å². The second kappa shape index (κ2) is 6.77. The predicted octanol–water partition coefficient (Wildman–Crippen LogP) is 3.84. The molecule has 0 saturated carbocycles. The van der Waals surface area contributed by atoms with Crippen molar-refractivity contribution in [2.45, 2.75) is 20.1 Å². The van der Waals surface area contributed by atoms with Crippen LogP contribution in [-0.4, -0.2) is 12.2 Å². The number of aliphatic hydroxyl groups is 1. The molecule has 0 heterocycles. The summed E-state index contributed by atoms with van der Waals surface area (Å²) >= 11 is 3.41. The van der Waals surface area contributed by atoms with Crippen molar-refractivity contribution >= 4 is 15.9 Å². The summed E-state index contributed by atoms with van der Waals surface area (Å²) in [5, 5.41) is 9.24. The molecule has 4 heteroatoms. The Balaban J connectivity index is 2.16. The molecule has 0 aromatic heterocycles. The van der Waals surface area contributed by atoms with Gasteiger partial charge in [0.1, 0.15) is 6.61 Å². The summed E-state index contributed by atoms with van der Waals surface area (Å²) in [5.74, 6) is 1.27. The summed E-state index contributed by atoms with van der Waals surface area (Å²) in [6, 6.07) is 11.8. The van der Waals surface area contributed by atoms with Gasteiger partial charge in [0.15, 0.2) is 11.5 Å². The molecule has 3 nitrogen and oxygen atoms in total. The van der Waals surface area contributed by atoms with E-state index in [1.165, 1.54) is 5.56 Å². The number of rotatable bonds is 5. The summed E-state index contributed by atoms with van der Waals surface area (Å²) in [6.07, 6.45) is 0. The zero-order valence-electron chi connectivity index (χ0n) is 11.5.